The Labute approximate surface area is 74.0 Å². The number of rotatable bonds is 2. The van der Waals surface area contributed by atoms with Crippen LogP contribution < -0.4 is 0 Å². The van der Waals surface area contributed by atoms with Gasteiger partial charge in [-0.3, -0.25) is 0 Å². The highest BCUT2D eigenvalue weighted by Crippen LogP contribution is 2.31. The second-order valence-corrected chi connectivity index (χ2v) is 3.91. The second-order valence-electron chi connectivity index (χ2n) is 3.91. The molecule has 0 aromatic heterocycles. The van der Waals surface area contributed by atoms with Gasteiger partial charge in [0.05, 0.1) is 6.61 Å². The summed E-state index contributed by atoms with van der Waals surface area (Å²) in [5.74, 6) is 0. The van der Waals surface area contributed by atoms with Crippen molar-refractivity contribution in [1.82, 2.24) is 0 Å². The van der Waals surface area contributed by atoms with Crippen LogP contribution in [0.5, 0.6) is 0 Å². The Kier molecular flexibility index (Phi) is 3.73. The first-order chi connectivity index (χ1) is 5.83. The Balaban J connectivity index is 2.51. The standard InChI is InChI=1S/C10H18O2/c11-8-10(9-12)6-4-2-1-3-5-7-10/h8,12H,1-7,9H2. The van der Waals surface area contributed by atoms with Crippen molar-refractivity contribution in [2.24, 2.45) is 5.41 Å². The normalized spacial score (nSPS) is 24.1. The van der Waals surface area contributed by atoms with Crippen LogP contribution in [-0.4, -0.2) is 18.0 Å². The number of carbonyl (C=O) groups is 1. The van der Waals surface area contributed by atoms with Crippen molar-refractivity contribution >= 4 is 6.29 Å². The van der Waals surface area contributed by atoms with Gasteiger partial charge in [-0.2, -0.15) is 0 Å². The van der Waals surface area contributed by atoms with Gasteiger partial charge in [-0.05, 0) is 12.8 Å². The number of hydrogen-bond acceptors (Lipinski definition) is 2. The Bertz CT molecular complexity index is 135. The monoisotopic (exact) mass is 170 g/mol. The minimum Gasteiger partial charge on any atom is -0.395 e. The van der Waals surface area contributed by atoms with Crippen LogP contribution in [0.4, 0.5) is 0 Å². The molecule has 1 saturated carbocycles. The van der Waals surface area contributed by atoms with Gasteiger partial charge in [0.2, 0.25) is 0 Å². The molecule has 1 rings (SSSR count). The average Bonchev–Trinajstić information content (AvgIpc) is 2.06. The van der Waals surface area contributed by atoms with Crippen molar-refractivity contribution in [2.45, 2.75) is 44.9 Å². The first kappa shape index (κ1) is 9.72. The van der Waals surface area contributed by atoms with Gasteiger partial charge in [0.1, 0.15) is 6.29 Å². The van der Waals surface area contributed by atoms with E-state index in [1.807, 2.05) is 0 Å². The Morgan fingerprint density at radius 2 is 1.58 bits per heavy atom. The van der Waals surface area contributed by atoms with Gasteiger partial charge >= 0.3 is 0 Å². The molecule has 70 valence electrons. The third-order valence-electron chi connectivity index (χ3n) is 2.91. The van der Waals surface area contributed by atoms with E-state index in [2.05, 4.69) is 0 Å². The molecule has 0 radical (unpaired) electrons. The van der Waals surface area contributed by atoms with Crippen LogP contribution in [0.3, 0.4) is 0 Å². The molecule has 0 aliphatic heterocycles. The summed E-state index contributed by atoms with van der Waals surface area (Å²) < 4.78 is 0. The van der Waals surface area contributed by atoms with Gasteiger partial charge in [0.15, 0.2) is 0 Å². The van der Waals surface area contributed by atoms with Crippen LogP contribution in [0, 0.1) is 5.41 Å². The molecule has 2 heteroatoms. The number of aliphatic hydroxyl groups is 1. The minimum atomic E-state index is -0.388. The van der Waals surface area contributed by atoms with Gasteiger partial charge in [-0.15, -0.1) is 0 Å². The Morgan fingerprint density at radius 3 is 2.00 bits per heavy atom. The van der Waals surface area contributed by atoms with E-state index < -0.39 is 0 Å². The maximum atomic E-state index is 10.8. The van der Waals surface area contributed by atoms with Crippen molar-refractivity contribution < 1.29 is 9.90 Å². The van der Waals surface area contributed by atoms with Crippen LogP contribution in [0.1, 0.15) is 44.9 Å². The van der Waals surface area contributed by atoms with Crippen molar-refractivity contribution in [3.8, 4) is 0 Å². The molecule has 0 unspecified atom stereocenters. The molecule has 2 nitrogen and oxygen atoms in total. The highest BCUT2D eigenvalue weighted by Gasteiger charge is 2.28. The fourth-order valence-electron chi connectivity index (χ4n) is 1.92. The van der Waals surface area contributed by atoms with Crippen molar-refractivity contribution in [2.75, 3.05) is 6.61 Å². The van der Waals surface area contributed by atoms with Gasteiger partial charge in [-0.1, -0.05) is 32.1 Å². The summed E-state index contributed by atoms with van der Waals surface area (Å²) in [5.41, 5.74) is -0.388. The molecule has 0 bridgehead atoms. The number of hydrogen-bond donors (Lipinski definition) is 1. The zero-order chi connectivity index (χ0) is 8.86. The summed E-state index contributed by atoms with van der Waals surface area (Å²) in [5, 5.41) is 9.13. The lowest BCUT2D eigenvalue weighted by Crippen LogP contribution is -2.28. The third-order valence-corrected chi connectivity index (χ3v) is 2.91. The molecule has 0 amide bonds. The van der Waals surface area contributed by atoms with Crippen LogP contribution >= 0.6 is 0 Å². The largest absolute Gasteiger partial charge is 0.395 e. The zero-order valence-electron chi connectivity index (χ0n) is 7.59. The lowest BCUT2D eigenvalue weighted by atomic mass is 9.78. The van der Waals surface area contributed by atoms with Crippen molar-refractivity contribution in [3.05, 3.63) is 0 Å². The molecule has 1 aliphatic carbocycles. The van der Waals surface area contributed by atoms with Crippen LogP contribution in [0.2, 0.25) is 0 Å². The van der Waals surface area contributed by atoms with E-state index >= 15 is 0 Å². The maximum Gasteiger partial charge on any atom is 0.128 e. The molecular weight excluding hydrogens is 152 g/mol. The topological polar surface area (TPSA) is 37.3 Å². The molecule has 0 heterocycles. The van der Waals surface area contributed by atoms with Crippen molar-refractivity contribution in [1.29, 1.82) is 0 Å². The summed E-state index contributed by atoms with van der Waals surface area (Å²) in [7, 11) is 0. The molecule has 0 saturated heterocycles. The van der Waals surface area contributed by atoms with E-state index in [4.69, 9.17) is 5.11 Å². The quantitative estimate of drug-likeness (QED) is 0.643. The minimum absolute atomic E-state index is 0.0382. The molecule has 12 heavy (non-hydrogen) atoms. The molecule has 1 fully saturated rings. The van der Waals surface area contributed by atoms with E-state index in [1.54, 1.807) is 0 Å². The first-order valence-electron chi connectivity index (χ1n) is 4.90. The number of carbonyl (C=O) groups excluding carboxylic acids is 1. The third kappa shape index (κ3) is 2.31. The van der Waals surface area contributed by atoms with E-state index in [0.29, 0.717) is 0 Å². The fourth-order valence-corrected chi connectivity index (χ4v) is 1.92. The molecule has 1 aliphatic rings. The van der Waals surface area contributed by atoms with Crippen LogP contribution in [0.15, 0.2) is 0 Å². The predicted molar refractivity (Wildman–Crippen MR) is 47.9 cm³/mol. The molecule has 0 atom stereocenters. The summed E-state index contributed by atoms with van der Waals surface area (Å²) in [6, 6.07) is 0. The molecule has 0 spiro atoms. The summed E-state index contributed by atoms with van der Waals surface area (Å²) in [6.45, 7) is 0.0382. The van der Waals surface area contributed by atoms with Gasteiger partial charge in [0.25, 0.3) is 0 Å². The summed E-state index contributed by atoms with van der Waals surface area (Å²) >= 11 is 0. The second kappa shape index (κ2) is 4.61. The SMILES string of the molecule is O=CC1(CO)CCCCCCC1. The van der Waals surface area contributed by atoms with Gasteiger partial charge in [-0.25, -0.2) is 0 Å². The summed E-state index contributed by atoms with van der Waals surface area (Å²) in [6.07, 6.45) is 8.66. The van der Waals surface area contributed by atoms with E-state index in [1.165, 1.54) is 19.3 Å². The fraction of sp³-hybridized carbons (Fsp3) is 0.900. The molecular formula is C10H18O2. The van der Waals surface area contributed by atoms with E-state index in [-0.39, 0.29) is 12.0 Å². The maximum absolute atomic E-state index is 10.8. The van der Waals surface area contributed by atoms with Gasteiger partial charge < -0.3 is 9.90 Å². The average molecular weight is 170 g/mol. The van der Waals surface area contributed by atoms with E-state index in [9.17, 15) is 4.79 Å². The van der Waals surface area contributed by atoms with Gasteiger partial charge in [0, 0.05) is 5.41 Å². The van der Waals surface area contributed by atoms with Crippen molar-refractivity contribution in [3.63, 3.8) is 0 Å². The molecule has 0 aromatic carbocycles. The molecule has 0 aromatic rings. The Morgan fingerprint density at radius 1 is 1.08 bits per heavy atom. The Hall–Kier alpha value is -0.370. The number of aliphatic hydroxyl groups excluding tert-OH is 1. The summed E-state index contributed by atoms with van der Waals surface area (Å²) in [4.78, 5) is 10.8. The smallest absolute Gasteiger partial charge is 0.128 e. The van der Waals surface area contributed by atoms with Crippen LogP contribution in [0.25, 0.3) is 0 Å². The lowest BCUT2D eigenvalue weighted by molar-refractivity contribution is -0.119. The zero-order valence-corrected chi connectivity index (χ0v) is 7.59. The van der Waals surface area contributed by atoms with Crippen LogP contribution in [-0.2, 0) is 4.79 Å². The highest BCUT2D eigenvalue weighted by molar-refractivity contribution is 5.59. The van der Waals surface area contributed by atoms with E-state index in [0.717, 1.165) is 32.0 Å². The first-order valence-corrected chi connectivity index (χ1v) is 4.90. The highest BCUT2D eigenvalue weighted by atomic mass is 16.3. The predicted octanol–water partition coefficient (Wildman–Crippen LogP) is 1.91. The molecule has 1 N–H and O–H groups in total. The lowest BCUT2D eigenvalue weighted by Gasteiger charge is -2.27. The number of aldehydes is 1.